The van der Waals surface area contributed by atoms with Gasteiger partial charge in [-0.3, -0.25) is 24.7 Å². The molecule has 0 unspecified atom stereocenters. The Kier molecular flexibility index (Phi) is 9.60. The maximum atomic E-state index is 13.7. The van der Waals surface area contributed by atoms with Crippen molar-refractivity contribution in [1.29, 1.82) is 0 Å². The molecule has 0 bridgehead atoms. The number of nitro benzene ring substituents is 1. The lowest BCUT2D eigenvalue weighted by atomic mass is 9.97. The average molecular weight is 587 g/mol. The second kappa shape index (κ2) is 12.8. The Hall–Kier alpha value is -3.46. The summed E-state index contributed by atoms with van der Waals surface area (Å²) in [6, 6.07) is 7.77. The number of halogens is 3. The Morgan fingerprint density at radius 2 is 1.81 bits per heavy atom. The first-order chi connectivity index (χ1) is 19.7. The number of non-ortho nitro benzene ring substituents is 1. The highest BCUT2D eigenvalue weighted by Gasteiger charge is 2.36. The van der Waals surface area contributed by atoms with Gasteiger partial charge in [0.05, 0.1) is 36.8 Å². The minimum absolute atomic E-state index is 0.0886. The number of alkyl halides is 3. The van der Waals surface area contributed by atoms with Crippen LogP contribution in [0.2, 0.25) is 0 Å². The van der Waals surface area contributed by atoms with E-state index < -0.39 is 28.3 Å². The van der Waals surface area contributed by atoms with Crippen LogP contribution in [0.4, 0.5) is 18.9 Å². The molecule has 1 atom stereocenters. The number of amides is 1. The summed E-state index contributed by atoms with van der Waals surface area (Å²) < 4.78 is 46.2. The van der Waals surface area contributed by atoms with Crippen molar-refractivity contribution in [2.75, 3.05) is 52.5 Å². The van der Waals surface area contributed by atoms with Gasteiger partial charge in [0.15, 0.2) is 0 Å². The largest absolute Gasteiger partial charge is 0.416 e. The van der Waals surface area contributed by atoms with Crippen molar-refractivity contribution < 1.29 is 27.6 Å². The number of hydrogen-bond donors (Lipinski definition) is 0. The third kappa shape index (κ3) is 7.68. The third-order valence-electron chi connectivity index (χ3n) is 8.09. The Balaban J connectivity index is 1.55. The van der Waals surface area contributed by atoms with Crippen molar-refractivity contribution in [2.24, 2.45) is 0 Å². The zero-order valence-corrected chi connectivity index (χ0v) is 24.5. The Morgan fingerprint density at radius 1 is 1.07 bits per heavy atom. The van der Waals surface area contributed by atoms with Crippen molar-refractivity contribution in [3.8, 4) is 11.8 Å². The van der Waals surface area contributed by atoms with Gasteiger partial charge in [0.25, 0.3) is 11.6 Å². The Labute approximate surface area is 244 Å². The van der Waals surface area contributed by atoms with Gasteiger partial charge >= 0.3 is 6.18 Å². The maximum Gasteiger partial charge on any atom is 0.416 e. The second-order valence-electron chi connectivity index (χ2n) is 11.7. The molecule has 2 saturated heterocycles. The molecule has 2 aliphatic heterocycles. The highest BCUT2D eigenvalue weighted by molar-refractivity contribution is 5.95. The maximum absolute atomic E-state index is 13.7. The molecule has 42 heavy (non-hydrogen) atoms. The quantitative estimate of drug-likeness (QED) is 0.277. The lowest BCUT2D eigenvalue weighted by Crippen LogP contribution is -2.56. The van der Waals surface area contributed by atoms with Crippen molar-refractivity contribution in [1.82, 2.24) is 14.7 Å². The van der Waals surface area contributed by atoms with Crippen molar-refractivity contribution in [2.45, 2.75) is 51.9 Å². The number of hydrogen-bond acceptors (Lipinski definition) is 6. The normalized spacial score (nSPS) is 19.7. The molecule has 0 aliphatic carbocycles. The lowest BCUT2D eigenvalue weighted by Gasteiger charge is -2.41. The first kappa shape index (κ1) is 31.5. The van der Waals surface area contributed by atoms with Crippen LogP contribution >= 0.6 is 0 Å². The number of rotatable bonds is 6. The summed E-state index contributed by atoms with van der Waals surface area (Å²) in [5.41, 5.74) is 0.811. The minimum atomic E-state index is -4.83. The molecule has 4 rings (SSSR count). The van der Waals surface area contributed by atoms with Crippen LogP contribution < -0.4 is 0 Å². The van der Waals surface area contributed by atoms with E-state index in [0.717, 1.165) is 29.3 Å². The fraction of sp³-hybridized carbons (Fsp3) is 0.516. The fourth-order valence-corrected chi connectivity index (χ4v) is 5.38. The van der Waals surface area contributed by atoms with Crippen LogP contribution in [0.15, 0.2) is 36.4 Å². The molecular formula is C31H37F3N4O4. The second-order valence-corrected chi connectivity index (χ2v) is 11.7. The standard InChI is InChI=1S/C31H37F3N4O4/c1-22-7-8-24(15-23(22)2)16-28-20-35(9-5-6-10-36-13-14-42-21-30(36,3)4)11-12-37(28)29(39)25-17-26(31(32,33)34)19-27(18-25)38(40)41/h7-8,15,17-19,28H,9-14,16,20-21H2,1-4H3/t28-/m1/s1. The number of ether oxygens (including phenoxy) is 1. The lowest BCUT2D eigenvalue weighted by molar-refractivity contribution is -0.385. The molecule has 8 nitrogen and oxygen atoms in total. The van der Waals surface area contributed by atoms with Gasteiger partial charge in [-0.1, -0.05) is 30.0 Å². The molecule has 226 valence electrons. The molecule has 0 saturated carbocycles. The number of piperazine rings is 1. The minimum Gasteiger partial charge on any atom is -0.378 e. The Bertz CT molecular complexity index is 1380. The molecule has 2 fully saturated rings. The molecule has 2 aromatic carbocycles. The molecular weight excluding hydrogens is 549 g/mol. The molecule has 2 aliphatic rings. The summed E-state index contributed by atoms with van der Waals surface area (Å²) in [5.74, 6) is 5.86. The van der Waals surface area contributed by atoms with Crippen LogP contribution in [0.3, 0.4) is 0 Å². The van der Waals surface area contributed by atoms with E-state index in [4.69, 9.17) is 4.74 Å². The Morgan fingerprint density at radius 3 is 2.48 bits per heavy atom. The fourth-order valence-electron chi connectivity index (χ4n) is 5.38. The van der Waals surface area contributed by atoms with E-state index in [1.54, 1.807) is 4.90 Å². The number of nitro groups is 1. The SMILES string of the molecule is Cc1ccc(C[C@@H]2CN(CC#CCN3CCOCC3(C)C)CCN2C(=O)c2cc([N+](=O)[O-])cc(C(F)(F)F)c2)cc1C. The predicted molar refractivity (Wildman–Crippen MR) is 153 cm³/mol. The van der Waals surface area contributed by atoms with Crippen LogP contribution in [-0.4, -0.2) is 89.6 Å². The van der Waals surface area contributed by atoms with Gasteiger partial charge in [-0.15, -0.1) is 0 Å². The highest BCUT2D eigenvalue weighted by atomic mass is 19.4. The van der Waals surface area contributed by atoms with E-state index >= 15 is 0 Å². The van der Waals surface area contributed by atoms with Crippen LogP contribution in [0.1, 0.15) is 46.5 Å². The van der Waals surface area contributed by atoms with E-state index in [2.05, 4.69) is 41.6 Å². The molecule has 1 amide bonds. The van der Waals surface area contributed by atoms with E-state index in [9.17, 15) is 28.1 Å². The van der Waals surface area contributed by atoms with E-state index in [1.807, 2.05) is 26.0 Å². The third-order valence-corrected chi connectivity index (χ3v) is 8.09. The zero-order valence-electron chi connectivity index (χ0n) is 24.5. The number of aryl methyl sites for hydroxylation is 2. The summed E-state index contributed by atoms with van der Waals surface area (Å²) in [7, 11) is 0. The van der Waals surface area contributed by atoms with Gasteiger partial charge in [0.1, 0.15) is 0 Å². The van der Waals surface area contributed by atoms with Crippen LogP contribution in [0, 0.1) is 35.8 Å². The molecule has 2 heterocycles. The van der Waals surface area contributed by atoms with Crippen molar-refractivity contribution in [3.63, 3.8) is 0 Å². The molecule has 0 radical (unpaired) electrons. The van der Waals surface area contributed by atoms with Gasteiger partial charge < -0.3 is 9.64 Å². The van der Waals surface area contributed by atoms with Gasteiger partial charge in [-0.25, -0.2) is 0 Å². The van der Waals surface area contributed by atoms with Crippen LogP contribution in [0.5, 0.6) is 0 Å². The summed E-state index contributed by atoms with van der Waals surface area (Å²) in [4.78, 5) is 30.1. The van der Waals surface area contributed by atoms with Gasteiger partial charge in [0, 0.05) is 55.5 Å². The topological polar surface area (TPSA) is 79.2 Å². The number of morpholine rings is 1. The molecule has 0 spiro atoms. The summed E-state index contributed by atoms with van der Waals surface area (Å²) in [6.45, 7) is 12.7. The van der Waals surface area contributed by atoms with E-state index in [1.165, 1.54) is 0 Å². The smallest absolute Gasteiger partial charge is 0.378 e. The van der Waals surface area contributed by atoms with Crippen molar-refractivity contribution >= 4 is 11.6 Å². The average Bonchev–Trinajstić information content (AvgIpc) is 2.92. The highest BCUT2D eigenvalue weighted by Crippen LogP contribution is 2.33. The van der Waals surface area contributed by atoms with Gasteiger partial charge in [0.2, 0.25) is 0 Å². The van der Waals surface area contributed by atoms with E-state index in [0.29, 0.717) is 57.9 Å². The van der Waals surface area contributed by atoms with Crippen LogP contribution in [0.25, 0.3) is 0 Å². The first-order valence-electron chi connectivity index (χ1n) is 14.0. The van der Waals surface area contributed by atoms with Gasteiger partial charge in [-0.2, -0.15) is 13.2 Å². The zero-order chi connectivity index (χ0) is 30.7. The summed E-state index contributed by atoms with van der Waals surface area (Å²) >= 11 is 0. The number of nitrogens with zero attached hydrogens (tertiary/aromatic N) is 4. The van der Waals surface area contributed by atoms with E-state index in [-0.39, 0.29) is 23.7 Å². The monoisotopic (exact) mass is 586 g/mol. The molecule has 2 aromatic rings. The number of carbonyl (C=O) groups is 1. The predicted octanol–water partition coefficient (Wildman–Crippen LogP) is 4.71. The van der Waals surface area contributed by atoms with Crippen LogP contribution in [-0.2, 0) is 17.3 Å². The molecule has 0 aromatic heterocycles. The molecule has 0 N–H and O–H groups in total. The van der Waals surface area contributed by atoms with Crippen molar-refractivity contribution in [3.05, 3.63) is 74.3 Å². The summed E-state index contributed by atoms with van der Waals surface area (Å²) in [5, 5.41) is 11.4. The van der Waals surface area contributed by atoms with Gasteiger partial charge in [-0.05, 0) is 56.9 Å². The molecule has 11 heteroatoms. The summed E-state index contributed by atoms with van der Waals surface area (Å²) in [6.07, 6.45) is -4.34. The first-order valence-corrected chi connectivity index (χ1v) is 14.0. The number of benzene rings is 2. The number of carbonyl (C=O) groups excluding carboxylic acids is 1.